The van der Waals surface area contributed by atoms with Crippen molar-refractivity contribution < 1.29 is 41.2 Å². The molecule has 4 rings (SSSR count). The van der Waals surface area contributed by atoms with E-state index < -0.39 is 87.5 Å². The van der Waals surface area contributed by atoms with Crippen LogP contribution >= 0.6 is 11.6 Å². The summed E-state index contributed by atoms with van der Waals surface area (Å²) in [6.45, 7) is 15.4. The second-order valence-electron chi connectivity index (χ2n) is 17.7. The number of carbonyl (C=O) groups is 5. The normalized spacial score (nSPS) is 23.3. The van der Waals surface area contributed by atoms with Crippen LogP contribution in [0.3, 0.4) is 0 Å². The van der Waals surface area contributed by atoms with Crippen molar-refractivity contribution in [1.82, 2.24) is 30.5 Å². The highest BCUT2D eigenvalue weighted by Gasteiger charge is 2.70. The number of fused-ring (bicyclic) bond motifs is 1. The van der Waals surface area contributed by atoms with Gasteiger partial charge in [0.15, 0.2) is 0 Å². The van der Waals surface area contributed by atoms with Gasteiger partial charge in [-0.2, -0.15) is 4.31 Å². The van der Waals surface area contributed by atoms with Crippen LogP contribution in [0.15, 0.2) is 18.2 Å². The molecule has 1 aliphatic carbocycles. The number of nitrogens with one attached hydrogen (secondary N) is 4. The highest BCUT2D eigenvalue weighted by Crippen LogP contribution is 2.65. The van der Waals surface area contributed by atoms with Crippen LogP contribution in [-0.2, 0) is 30.8 Å². The van der Waals surface area contributed by atoms with E-state index in [4.69, 9.17) is 17.3 Å². The largest absolute Gasteiger partial charge is 0.366 e. The summed E-state index contributed by atoms with van der Waals surface area (Å²) in [6, 6.07) is -0.703. The number of piperidine rings is 1. The van der Waals surface area contributed by atoms with Gasteiger partial charge in [0.1, 0.15) is 18.1 Å². The van der Waals surface area contributed by atoms with E-state index in [1.807, 2.05) is 34.6 Å². The molecular formula is C37H56ClF2N7O7S. The van der Waals surface area contributed by atoms with Gasteiger partial charge in [-0.15, -0.1) is 0 Å². The van der Waals surface area contributed by atoms with E-state index in [9.17, 15) is 41.2 Å². The molecule has 0 spiro atoms. The molecule has 6 amide bonds. The topological polar surface area (TPSA) is 200 Å². The number of amides is 6. The van der Waals surface area contributed by atoms with Crippen molar-refractivity contribution in [3.05, 3.63) is 34.3 Å². The van der Waals surface area contributed by atoms with E-state index in [1.54, 1.807) is 26.8 Å². The zero-order valence-corrected chi connectivity index (χ0v) is 34.4. The molecule has 1 saturated carbocycles. The quantitative estimate of drug-likeness (QED) is 0.190. The Hall–Kier alpha value is -3.57. The number of halogens is 3. The summed E-state index contributed by atoms with van der Waals surface area (Å²) in [5, 5.41) is 11.0. The molecule has 3 unspecified atom stereocenters. The van der Waals surface area contributed by atoms with Crippen LogP contribution in [0, 0.1) is 28.1 Å². The zero-order valence-electron chi connectivity index (χ0n) is 32.8. The highest BCUT2D eigenvalue weighted by molar-refractivity contribution is 7.89. The molecule has 14 nitrogen and oxygen atoms in total. The summed E-state index contributed by atoms with van der Waals surface area (Å²) in [5.41, 5.74) is 4.31. The first-order chi connectivity index (χ1) is 25.2. The minimum Gasteiger partial charge on any atom is -0.366 e. The van der Waals surface area contributed by atoms with Gasteiger partial charge in [-0.1, -0.05) is 73.1 Å². The van der Waals surface area contributed by atoms with E-state index in [0.717, 1.165) is 0 Å². The van der Waals surface area contributed by atoms with Gasteiger partial charge in [0.25, 0.3) is 0 Å². The molecule has 308 valence electrons. The molecule has 18 heteroatoms. The first-order valence-electron chi connectivity index (χ1n) is 18.6. The molecule has 1 aromatic rings. The summed E-state index contributed by atoms with van der Waals surface area (Å²) in [5.74, 6) is -3.17. The van der Waals surface area contributed by atoms with E-state index in [2.05, 4.69) is 21.3 Å². The predicted molar refractivity (Wildman–Crippen MR) is 204 cm³/mol. The Bertz CT molecular complexity index is 1770. The molecule has 1 aromatic carbocycles. The second-order valence-corrected chi connectivity index (χ2v) is 20.1. The average Bonchev–Trinajstić information content (AvgIpc) is 3.34. The van der Waals surface area contributed by atoms with Crippen molar-refractivity contribution in [2.45, 2.75) is 105 Å². The maximum Gasteiger partial charge on any atom is 0.315 e. The molecule has 6 N–H and O–H groups in total. The Labute approximate surface area is 327 Å². The number of sulfonamides is 1. The van der Waals surface area contributed by atoms with Crippen LogP contribution in [0.5, 0.6) is 0 Å². The molecule has 6 atom stereocenters. The smallest absolute Gasteiger partial charge is 0.315 e. The maximum absolute atomic E-state index is 14.4. The standard InChI is InChI=1S/C37H56ClF2N7O7S/c1-35(2,3)25(19-46-14-9-15-55(46,53)54)44-34(52)45-29(36(4,5)6)33(51)47-18-22-27(37(22,7)8)28(47)32(50)43-24(17-26(39)40)31(49)42-13-12-20-10-11-21(30(41)48)16-23(20)38/h10-11,16,22,24-29H,9,12-15,17-19H2,1-8H3,(H2,41,48)(H,42,49)(H,43,50)(H2,44,45,52)/t22?,24-,25+,27?,28?,29+/m0/s1. The van der Waals surface area contributed by atoms with Crippen molar-refractivity contribution in [2.75, 3.05) is 31.9 Å². The van der Waals surface area contributed by atoms with E-state index >= 15 is 0 Å². The molecule has 0 radical (unpaired) electrons. The van der Waals surface area contributed by atoms with Gasteiger partial charge in [-0.3, -0.25) is 19.2 Å². The number of carbonyl (C=O) groups excluding carboxylic acids is 5. The number of nitrogens with zero attached hydrogens (tertiary/aromatic N) is 2. The van der Waals surface area contributed by atoms with Gasteiger partial charge in [0.2, 0.25) is 40.1 Å². The third kappa shape index (κ3) is 10.4. The number of benzene rings is 1. The third-order valence-corrected chi connectivity index (χ3v) is 13.4. The Morgan fingerprint density at radius 2 is 1.67 bits per heavy atom. The van der Waals surface area contributed by atoms with Crippen molar-refractivity contribution in [1.29, 1.82) is 0 Å². The van der Waals surface area contributed by atoms with Crippen molar-refractivity contribution >= 4 is 51.3 Å². The van der Waals surface area contributed by atoms with Gasteiger partial charge in [0, 0.05) is 49.2 Å². The molecule has 3 fully saturated rings. The summed E-state index contributed by atoms with van der Waals surface area (Å²) in [6.07, 6.45) is -3.21. The van der Waals surface area contributed by atoms with Crippen LogP contribution in [0.25, 0.3) is 0 Å². The third-order valence-electron chi connectivity index (χ3n) is 11.2. The van der Waals surface area contributed by atoms with E-state index in [1.165, 1.54) is 21.3 Å². The number of urea groups is 1. The fourth-order valence-electron chi connectivity index (χ4n) is 7.61. The van der Waals surface area contributed by atoms with Gasteiger partial charge >= 0.3 is 6.03 Å². The summed E-state index contributed by atoms with van der Waals surface area (Å²) >= 11 is 6.24. The van der Waals surface area contributed by atoms with Crippen LogP contribution < -0.4 is 27.0 Å². The fourth-order valence-corrected chi connectivity index (χ4v) is 9.42. The first kappa shape index (κ1) is 44.1. The van der Waals surface area contributed by atoms with Crippen molar-refractivity contribution in [3.8, 4) is 0 Å². The molecule has 55 heavy (non-hydrogen) atoms. The number of hydrogen-bond acceptors (Lipinski definition) is 7. The number of rotatable bonds is 14. The number of primary amides is 1. The molecular weight excluding hydrogens is 760 g/mol. The van der Waals surface area contributed by atoms with Gasteiger partial charge < -0.3 is 31.9 Å². The van der Waals surface area contributed by atoms with E-state index in [-0.39, 0.29) is 59.6 Å². The average molecular weight is 816 g/mol. The van der Waals surface area contributed by atoms with Crippen molar-refractivity contribution in [3.63, 3.8) is 0 Å². The number of nitrogens with two attached hydrogens (primary N) is 1. The van der Waals surface area contributed by atoms with Crippen LogP contribution in [0.4, 0.5) is 13.6 Å². The monoisotopic (exact) mass is 815 g/mol. The molecule has 3 aliphatic rings. The number of alkyl halides is 2. The Kier molecular flexibility index (Phi) is 13.2. The maximum atomic E-state index is 14.4. The Balaban J connectivity index is 1.48. The Morgan fingerprint density at radius 1 is 1.02 bits per heavy atom. The van der Waals surface area contributed by atoms with Crippen LogP contribution in [0.1, 0.15) is 84.2 Å². The predicted octanol–water partition coefficient (Wildman–Crippen LogP) is 2.88. The van der Waals surface area contributed by atoms with Crippen LogP contribution in [0.2, 0.25) is 5.02 Å². The first-order valence-corrected chi connectivity index (χ1v) is 20.5. The minimum atomic E-state index is -3.44. The highest BCUT2D eigenvalue weighted by atomic mass is 35.5. The Morgan fingerprint density at radius 3 is 2.20 bits per heavy atom. The summed E-state index contributed by atoms with van der Waals surface area (Å²) in [7, 11) is -3.44. The molecule has 2 saturated heterocycles. The molecule has 2 aliphatic heterocycles. The summed E-state index contributed by atoms with van der Waals surface area (Å²) < 4.78 is 54.0. The zero-order chi connectivity index (χ0) is 41.4. The molecule has 0 aromatic heterocycles. The van der Waals surface area contributed by atoms with Gasteiger partial charge in [0.05, 0.1) is 5.75 Å². The molecule has 2 heterocycles. The van der Waals surface area contributed by atoms with Gasteiger partial charge in [-0.05, 0) is 58.6 Å². The van der Waals surface area contributed by atoms with E-state index in [0.29, 0.717) is 18.5 Å². The van der Waals surface area contributed by atoms with Crippen LogP contribution in [-0.4, -0.2) is 110 Å². The lowest BCUT2D eigenvalue weighted by Gasteiger charge is -2.39. The lowest BCUT2D eigenvalue weighted by Crippen LogP contribution is -2.62. The lowest BCUT2D eigenvalue weighted by molar-refractivity contribution is -0.144. The fraction of sp³-hybridized carbons (Fsp3) is 0.703. The SMILES string of the molecule is CC1(C)C2CN(C(=O)[C@@H](NC(=O)N[C@H](CN3CCCS3(=O)=O)C(C)(C)C)C(C)(C)C)C(C(=O)N[C@@H](CC(F)F)C(=O)NCCc3ccc(C(N)=O)cc3Cl)C21. The number of hydrogen-bond donors (Lipinski definition) is 5. The number of likely N-dealkylation sites (tertiary alicyclic amines) is 1. The second kappa shape index (κ2) is 16.5. The van der Waals surface area contributed by atoms with Gasteiger partial charge in [-0.25, -0.2) is 22.0 Å². The van der Waals surface area contributed by atoms with Crippen molar-refractivity contribution in [2.24, 2.45) is 33.8 Å². The summed E-state index contributed by atoms with van der Waals surface area (Å²) in [4.78, 5) is 68.1. The minimum absolute atomic E-state index is 0.0131. The molecule has 0 bridgehead atoms. The lowest BCUT2D eigenvalue weighted by atomic mass is 9.85.